The molecule has 0 aromatic heterocycles. The Morgan fingerprint density at radius 3 is 2.30 bits per heavy atom. The van der Waals surface area contributed by atoms with E-state index in [1.165, 1.54) is 0 Å². The highest BCUT2D eigenvalue weighted by Gasteiger charge is 2.16. The second-order valence-electron chi connectivity index (χ2n) is 6.37. The van der Waals surface area contributed by atoms with Crippen LogP contribution in [-0.4, -0.2) is 35.4 Å². The molecule has 0 spiro atoms. The molecule has 0 saturated heterocycles. The molecule has 6 nitrogen and oxygen atoms in total. The van der Waals surface area contributed by atoms with Gasteiger partial charge in [-0.15, -0.1) is 0 Å². The minimum absolute atomic E-state index is 0.113. The number of aromatic carboxylic acids is 1. The van der Waals surface area contributed by atoms with Gasteiger partial charge in [0.15, 0.2) is 0 Å². The molecule has 1 aromatic carbocycles. The van der Waals surface area contributed by atoms with Crippen LogP contribution >= 0.6 is 0 Å². The van der Waals surface area contributed by atoms with Crippen LogP contribution in [0.4, 0.5) is 4.79 Å². The van der Waals surface area contributed by atoms with Gasteiger partial charge in [0.05, 0.1) is 5.56 Å². The normalized spacial score (nSPS) is 12.5. The molecule has 0 bridgehead atoms. The van der Waals surface area contributed by atoms with Crippen molar-refractivity contribution >= 4 is 12.1 Å². The molecule has 128 valence electrons. The van der Waals surface area contributed by atoms with Gasteiger partial charge in [-0.05, 0) is 44.9 Å². The first-order valence-electron chi connectivity index (χ1n) is 7.73. The predicted octanol–water partition coefficient (Wildman–Crippen LogP) is 2.78. The highest BCUT2D eigenvalue weighted by Crippen LogP contribution is 2.07. The van der Waals surface area contributed by atoms with E-state index in [-0.39, 0.29) is 11.6 Å². The molecule has 0 aliphatic rings. The Hall–Kier alpha value is -2.08. The van der Waals surface area contributed by atoms with Gasteiger partial charge in [0.1, 0.15) is 5.60 Å². The summed E-state index contributed by atoms with van der Waals surface area (Å²) in [4.78, 5) is 22.4. The van der Waals surface area contributed by atoms with E-state index < -0.39 is 17.7 Å². The Morgan fingerprint density at radius 1 is 1.22 bits per heavy atom. The average Bonchev–Trinajstić information content (AvgIpc) is 2.46. The fraction of sp³-hybridized carbons (Fsp3) is 0.529. The Labute approximate surface area is 137 Å². The van der Waals surface area contributed by atoms with Crippen LogP contribution in [0.2, 0.25) is 0 Å². The van der Waals surface area contributed by atoms with E-state index in [1.54, 1.807) is 24.3 Å². The first kappa shape index (κ1) is 19.0. The Bertz CT molecular complexity index is 520. The lowest BCUT2D eigenvalue weighted by atomic mass is 10.1. The maximum absolute atomic E-state index is 11.6. The predicted molar refractivity (Wildman–Crippen MR) is 88.6 cm³/mol. The third-order valence-corrected chi connectivity index (χ3v) is 3.18. The van der Waals surface area contributed by atoms with Gasteiger partial charge in [0.25, 0.3) is 0 Å². The zero-order valence-corrected chi connectivity index (χ0v) is 14.2. The number of carbonyl (C=O) groups excluding carboxylic acids is 1. The monoisotopic (exact) mass is 322 g/mol. The number of carbonyl (C=O) groups is 2. The number of alkyl carbamates (subject to hydrolysis) is 1. The minimum Gasteiger partial charge on any atom is -0.478 e. The second-order valence-corrected chi connectivity index (χ2v) is 6.37. The van der Waals surface area contributed by atoms with Crippen molar-refractivity contribution in [3.05, 3.63) is 35.4 Å². The Kier molecular flexibility index (Phi) is 7.03. The van der Waals surface area contributed by atoms with E-state index >= 15 is 0 Å². The van der Waals surface area contributed by atoms with E-state index in [0.717, 1.165) is 12.0 Å². The molecule has 6 heteroatoms. The number of carboxylic acids is 1. The van der Waals surface area contributed by atoms with Crippen molar-refractivity contribution in [1.29, 1.82) is 0 Å². The van der Waals surface area contributed by atoms with Crippen LogP contribution in [0.25, 0.3) is 0 Å². The first-order valence-corrected chi connectivity index (χ1v) is 7.73. The fourth-order valence-corrected chi connectivity index (χ4v) is 1.91. The van der Waals surface area contributed by atoms with Crippen LogP contribution in [0, 0.1) is 0 Å². The fourth-order valence-electron chi connectivity index (χ4n) is 1.91. The molecule has 1 aromatic rings. The van der Waals surface area contributed by atoms with E-state index in [1.807, 2.05) is 27.7 Å². The number of rotatable bonds is 7. The topological polar surface area (TPSA) is 87.7 Å². The summed E-state index contributed by atoms with van der Waals surface area (Å²) in [6.45, 7) is 8.57. The summed E-state index contributed by atoms with van der Waals surface area (Å²) in [5.41, 5.74) is 0.753. The molecule has 1 atom stereocenters. The molecule has 23 heavy (non-hydrogen) atoms. The van der Waals surface area contributed by atoms with Gasteiger partial charge in [-0.2, -0.15) is 0 Å². The van der Waals surface area contributed by atoms with Gasteiger partial charge in [-0.25, -0.2) is 9.59 Å². The smallest absolute Gasteiger partial charge is 0.407 e. The molecule has 3 N–H and O–H groups in total. The van der Waals surface area contributed by atoms with E-state index in [0.29, 0.717) is 13.1 Å². The lowest BCUT2D eigenvalue weighted by Gasteiger charge is -2.22. The van der Waals surface area contributed by atoms with Crippen molar-refractivity contribution in [2.45, 2.75) is 52.3 Å². The maximum Gasteiger partial charge on any atom is 0.407 e. The first-order chi connectivity index (χ1) is 10.7. The molecule has 0 saturated carbocycles. The van der Waals surface area contributed by atoms with Crippen LogP contribution in [-0.2, 0) is 11.3 Å². The van der Waals surface area contributed by atoms with Crippen LogP contribution in [0.15, 0.2) is 24.3 Å². The molecular formula is C17H26N2O4. The third-order valence-electron chi connectivity index (χ3n) is 3.18. The average molecular weight is 322 g/mol. The molecule has 0 fully saturated rings. The SMILES string of the molecule is CCC(CNC(=O)OC(C)(C)C)NCc1ccc(C(=O)O)cc1. The summed E-state index contributed by atoms with van der Waals surface area (Å²) in [7, 11) is 0. The number of ether oxygens (including phenoxy) is 1. The summed E-state index contributed by atoms with van der Waals surface area (Å²) in [6, 6.07) is 6.84. The second kappa shape index (κ2) is 8.53. The molecule has 1 rings (SSSR count). The molecule has 0 aliphatic carbocycles. The maximum atomic E-state index is 11.6. The quantitative estimate of drug-likeness (QED) is 0.718. The van der Waals surface area contributed by atoms with Crippen LogP contribution in [0.1, 0.15) is 50.0 Å². The molecular weight excluding hydrogens is 296 g/mol. The Morgan fingerprint density at radius 2 is 1.83 bits per heavy atom. The summed E-state index contributed by atoms with van der Waals surface area (Å²) < 4.78 is 5.20. The van der Waals surface area contributed by atoms with E-state index in [2.05, 4.69) is 10.6 Å². The van der Waals surface area contributed by atoms with Crippen molar-refractivity contribution in [3.8, 4) is 0 Å². The number of benzene rings is 1. The van der Waals surface area contributed by atoms with Crippen molar-refractivity contribution in [1.82, 2.24) is 10.6 Å². The zero-order chi connectivity index (χ0) is 17.5. The lowest BCUT2D eigenvalue weighted by molar-refractivity contribution is 0.0521. The van der Waals surface area contributed by atoms with Gasteiger partial charge in [0.2, 0.25) is 0 Å². The van der Waals surface area contributed by atoms with Gasteiger partial charge in [-0.1, -0.05) is 19.1 Å². The van der Waals surface area contributed by atoms with E-state index in [9.17, 15) is 9.59 Å². The van der Waals surface area contributed by atoms with E-state index in [4.69, 9.17) is 9.84 Å². The number of amides is 1. The van der Waals surface area contributed by atoms with Gasteiger partial charge in [-0.3, -0.25) is 0 Å². The number of carboxylic acid groups (broad SMARTS) is 1. The number of hydrogen-bond donors (Lipinski definition) is 3. The highest BCUT2D eigenvalue weighted by atomic mass is 16.6. The van der Waals surface area contributed by atoms with Crippen molar-refractivity contribution < 1.29 is 19.4 Å². The van der Waals surface area contributed by atoms with Crippen LogP contribution < -0.4 is 10.6 Å². The standard InChI is InChI=1S/C17H26N2O4/c1-5-14(11-19-16(22)23-17(2,3)4)18-10-12-6-8-13(9-7-12)15(20)21/h6-9,14,18H,5,10-11H2,1-4H3,(H,19,22)(H,20,21). The number of hydrogen-bond acceptors (Lipinski definition) is 4. The lowest BCUT2D eigenvalue weighted by Crippen LogP contribution is -2.42. The summed E-state index contributed by atoms with van der Waals surface area (Å²) in [5, 5.41) is 15.0. The Balaban J connectivity index is 2.41. The minimum atomic E-state index is -0.933. The van der Waals surface area contributed by atoms with Crippen molar-refractivity contribution in [3.63, 3.8) is 0 Å². The van der Waals surface area contributed by atoms with Gasteiger partial charge in [0, 0.05) is 19.1 Å². The van der Waals surface area contributed by atoms with Gasteiger partial charge < -0.3 is 20.5 Å². The summed E-state index contributed by atoms with van der Waals surface area (Å²) >= 11 is 0. The number of nitrogens with one attached hydrogen (secondary N) is 2. The molecule has 0 radical (unpaired) electrons. The molecule has 1 unspecified atom stereocenters. The third kappa shape index (κ3) is 7.65. The zero-order valence-electron chi connectivity index (χ0n) is 14.2. The van der Waals surface area contributed by atoms with Crippen LogP contribution in [0.5, 0.6) is 0 Å². The summed E-state index contributed by atoms with van der Waals surface area (Å²) in [6.07, 6.45) is 0.423. The highest BCUT2D eigenvalue weighted by molar-refractivity contribution is 5.87. The van der Waals surface area contributed by atoms with Crippen molar-refractivity contribution in [2.75, 3.05) is 6.54 Å². The van der Waals surface area contributed by atoms with Gasteiger partial charge >= 0.3 is 12.1 Å². The van der Waals surface area contributed by atoms with Crippen LogP contribution in [0.3, 0.4) is 0 Å². The van der Waals surface area contributed by atoms with Crippen molar-refractivity contribution in [2.24, 2.45) is 0 Å². The molecule has 0 aliphatic heterocycles. The molecule has 0 heterocycles. The largest absolute Gasteiger partial charge is 0.478 e. The molecule has 1 amide bonds. The summed E-state index contributed by atoms with van der Waals surface area (Å²) in [5.74, 6) is -0.933.